The number of hydrogen-bond acceptors (Lipinski definition) is 3. The number of aryl methyl sites for hydroxylation is 1. The van der Waals surface area contributed by atoms with E-state index < -0.39 is 0 Å². The van der Waals surface area contributed by atoms with E-state index in [1.807, 2.05) is 6.21 Å². The molecule has 1 heterocycles. The van der Waals surface area contributed by atoms with Crippen LogP contribution in [-0.4, -0.2) is 37.4 Å². The van der Waals surface area contributed by atoms with Crippen LogP contribution in [0.2, 0.25) is 0 Å². The number of piperazine rings is 1. The van der Waals surface area contributed by atoms with E-state index in [1.165, 1.54) is 27.6 Å². The maximum absolute atomic E-state index is 4.73. The monoisotopic (exact) mass is 329 g/mol. The topological polar surface area (TPSA) is 18.8 Å². The van der Waals surface area contributed by atoms with Crippen molar-refractivity contribution in [3.05, 3.63) is 77.9 Å². The lowest BCUT2D eigenvalue weighted by Crippen LogP contribution is -2.44. The molecule has 25 heavy (non-hydrogen) atoms. The molecular weight excluding hydrogens is 306 g/mol. The first-order chi connectivity index (χ1) is 12.3. The smallest absolute Gasteiger partial charge is 0.0549 e. The Morgan fingerprint density at radius 2 is 1.52 bits per heavy atom. The summed E-state index contributed by atoms with van der Waals surface area (Å²) in [6, 6.07) is 23.6. The Hall–Kier alpha value is -2.81. The van der Waals surface area contributed by atoms with Crippen molar-refractivity contribution in [3.8, 4) is 0 Å². The Morgan fingerprint density at radius 1 is 0.800 bits per heavy atom. The average molecular weight is 329 g/mol. The van der Waals surface area contributed by atoms with Gasteiger partial charge in [0.1, 0.15) is 0 Å². The molecule has 0 spiro atoms. The van der Waals surface area contributed by atoms with Crippen LogP contribution in [0.15, 0.2) is 71.8 Å². The van der Waals surface area contributed by atoms with E-state index in [0.29, 0.717) is 0 Å². The van der Waals surface area contributed by atoms with Gasteiger partial charge in [-0.15, -0.1) is 0 Å². The Morgan fingerprint density at radius 3 is 2.32 bits per heavy atom. The number of fused-ring (bicyclic) bond motifs is 1. The minimum atomic E-state index is 0.954. The predicted octanol–water partition coefficient (Wildman–Crippen LogP) is 4.30. The first kappa shape index (κ1) is 15.7. The molecule has 4 rings (SSSR count). The minimum Gasteiger partial charge on any atom is -0.368 e. The quantitative estimate of drug-likeness (QED) is 0.667. The third-order valence-electron chi connectivity index (χ3n) is 4.84. The van der Waals surface area contributed by atoms with Crippen LogP contribution in [0.1, 0.15) is 11.1 Å². The summed E-state index contributed by atoms with van der Waals surface area (Å²) in [6.07, 6.45) is 2.00. The van der Waals surface area contributed by atoms with Gasteiger partial charge in [-0.05, 0) is 29.8 Å². The standard InChI is InChI=1S/C22H23N3/c1-18-9-11-21(12-10-18)24-13-15-25(16-14-24)23-17-20-7-4-6-19-5-2-3-8-22(19)20/h2-12,17H,13-16H2,1H3/b23-17-. The van der Waals surface area contributed by atoms with Gasteiger partial charge in [-0.25, -0.2) is 0 Å². The van der Waals surface area contributed by atoms with Gasteiger partial charge in [0.2, 0.25) is 0 Å². The Bertz CT molecular complexity index is 870. The molecule has 3 aromatic carbocycles. The lowest BCUT2D eigenvalue weighted by molar-refractivity contribution is 0.272. The predicted molar refractivity (Wildman–Crippen MR) is 107 cm³/mol. The van der Waals surface area contributed by atoms with Gasteiger partial charge >= 0.3 is 0 Å². The normalized spacial score (nSPS) is 15.2. The number of hydrazone groups is 1. The molecule has 1 saturated heterocycles. The first-order valence-electron chi connectivity index (χ1n) is 8.88. The fraction of sp³-hybridized carbons (Fsp3) is 0.227. The summed E-state index contributed by atoms with van der Waals surface area (Å²) in [4.78, 5) is 2.43. The maximum Gasteiger partial charge on any atom is 0.0549 e. The molecule has 0 amide bonds. The van der Waals surface area contributed by atoms with Crippen molar-refractivity contribution >= 4 is 22.7 Å². The van der Waals surface area contributed by atoms with Gasteiger partial charge in [0, 0.05) is 24.3 Å². The van der Waals surface area contributed by atoms with Gasteiger partial charge in [0.25, 0.3) is 0 Å². The van der Waals surface area contributed by atoms with E-state index in [0.717, 1.165) is 26.2 Å². The van der Waals surface area contributed by atoms with Crippen molar-refractivity contribution in [2.45, 2.75) is 6.92 Å². The third kappa shape index (κ3) is 3.50. The molecule has 0 bridgehead atoms. The number of anilines is 1. The van der Waals surface area contributed by atoms with Crippen LogP contribution in [0, 0.1) is 6.92 Å². The van der Waals surface area contributed by atoms with Crippen molar-refractivity contribution in [1.82, 2.24) is 5.01 Å². The van der Waals surface area contributed by atoms with Gasteiger partial charge in [0.05, 0.1) is 19.3 Å². The van der Waals surface area contributed by atoms with E-state index in [9.17, 15) is 0 Å². The summed E-state index contributed by atoms with van der Waals surface area (Å²) in [5, 5.41) is 9.42. The molecule has 0 aliphatic carbocycles. The second kappa shape index (κ2) is 6.98. The summed E-state index contributed by atoms with van der Waals surface area (Å²) in [7, 11) is 0. The molecule has 0 radical (unpaired) electrons. The number of nitrogens with zero attached hydrogens (tertiary/aromatic N) is 3. The Kier molecular flexibility index (Phi) is 4.38. The lowest BCUT2D eigenvalue weighted by atomic mass is 10.1. The third-order valence-corrected chi connectivity index (χ3v) is 4.84. The van der Waals surface area contributed by atoms with Gasteiger partial charge in [-0.3, -0.25) is 5.01 Å². The second-order valence-electron chi connectivity index (χ2n) is 6.59. The van der Waals surface area contributed by atoms with Crippen molar-refractivity contribution in [1.29, 1.82) is 0 Å². The zero-order valence-electron chi connectivity index (χ0n) is 14.6. The maximum atomic E-state index is 4.73. The molecule has 0 saturated carbocycles. The molecular formula is C22H23N3. The molecule has 0 aromatic heterocycles. The van der Waals surface area contributed by atoms with Crippen LogP contribution in [0.3, 0.4) is 0 Å². The summed E-state index contributed by atoms with van der Waals surface area (Å²) >= 11 is 0. The van der Waals surface area contributed by atoms with Crippen LogP contribution in [0.25, 0.3) is 10.8 Å². The molecule has 1 aliphatic heterocycles. The molecule has 0 N–H and O–H groups in total. The van der Waals surface area contributed by atoms with Crippen molar-refractivity contribution in [2.24, 2.45) is 5.10 Å². The van der Waals surface area contributed by atoms with Crippen molar-refractivity contribution in [3.63, 3.8) is 0 Å². The fourth-order valence-corrected chi connectivity index (χ4v) is 3.33. The van der Waals surface area contributed by atoms with Crippen molar-refractivity contribution in [2.75, 3.05) is 31.1 Å². The zero-order chi connectivity index (χ0) is 17.1. The largest absolute Gasteiger partial charge is 0.368 e. The molecule has 0 atom stereocenters. The second-order valence-corrected chi connectivity index (χ2v) is 6.59. The molecule has 126 valence electrons. The van der Waals surface area contributed by atoms with Gasteiger partial charge < -0.3 is 4.90 Å². The Labute approximate surface area is 149 Å². The van der Waals surface area contributed by atoms with E-state index in [-0.39, 0.29) is 0 Å². The zero-order valence-corrected chi connectivity index (χ0v) is 14.6. The van der Waals surface area contributed by atoms with E-state index in [4.69, 9.17) is 5.10 Å². The van der Waals surface area contributed by atoms with Gasteiger partial charge in [0.15, 0.2) is 0 Å². The van der Waals surface area contributed by atoms with E-state index in [2.05, 4.69) is 83.6 Å². The van der Waals surface area contributed by atoms with Crippen molar-refractivity contribution < 1.29 is 0 Å². The van der Waals surface area contributed by atoms with E-state index in [1.54, 1.807) is 0 Å². The summed E-state index contributed by atoms with van der Waals surface area (Å²) in [5.41, 5.74) is 3.80. The number of rotatable bonds is 3. The average Bonchev–Trinajstić information content (AvgIpc) is 2.67. The summed E-state index contributed by atoms with van der Waals surface area (Å²) in [6.45, 7) is 6.06. The van der Waals surface area contributed by atoms with Crippen LogP contribution < -0.4 is 4.90 Å². The highest BCUT2D eigenvalue weighted by Gasteiger charge is 2.15. The lowest BCUT2D eigenvalue weighted by Gasteiger charge is -2.34. The minimum absolute atomic E-state index is 0.954. The van der Waals surface area contributed by atoms with Crippen LogP contribution in [0.4, 0.5) is 5.69 Å². The molecule has 3 heteroatoms. The Balaban J connectivity index is 1.43. The molecule has 0 unspecified atom stereocenters. The fourth-order valence-electron chi connectivity index (χ4n) is 3.33. The first-order valence-corrected chi connectivity index (χ1v) is 8.88. The molecule has 3 nitrogen and oxygen atoms in total. The van der Waals surface area contributed by atoms with Crippen LogP contribution >= 0.6 is 0 Å². The number of benzene rings is 3. The summed E-state index contributed by atoms with van der Waals surface area (Å²) in [5.74, 6) is 0. The molecule has 1 aliphatic rings. The highest BCUT2D eigenvalue weighted by molar-refractivity contribution is 5.99. The molecule has 1 fully saturated rings. The van der Waals surface area contributed by atoms with Crippen LogP contribution in [-0.2, 0) is 0 Å². The number of hydrogen-bond donors (Lipinski definition) is 0. The molecule has 3 aromatic rings. The van der Waals surface area contributed by atoms with E-state index >= 15 is 0 Å². The highest BCUT2D eigenvalue weighted by atomic mass is 15.5. The van der Waals surface area contributed by atoms with Gasteiger partial charge in [-0.2, -0.15) is 5.10 Å². The summed E-state index contributed by atoms with van der Waals surface area (Å²) < 4.78 is 0. The van der Waals surface area contributed by atoms with Crippen LogP contribution in [0.5, 0.6) is 0 Å². The SMILES string of the molecule is Cc1ccc(N2CCN(/N=C\c3cccc4ccccc34)CC2)cc1. The van der Waals surface area contributed by atoms with Gasteiger partial charge in [-0.1, -0.05) is 60.2 Å². The highest BCUT2D eigenvalue weighted by Crippen LogP contribution is 2.19.